The normalized spacial score (nSPS) is 10.6. The second-order valence-electron chi connectivity index (χ2n) is 4.79. The molecule has 1 aromatic heterocycles. The van der Waals surface area contributed by atoms with E-state index in [1.807, 2.05) is 25.8 Å². The Bertz CT molecular complexity index is 383. The van der Waals surface area contributed by atoms with E-state index in [2.05, 4.69) is 27.2 Å². The Morgan fingerprint density at radius 3 is 2.53 bits per heavy atom. The van der Waals surface area contributed by atoms with E-state index < -0.39 is 0 Å². The van der Waals surface area contributed by atoms with Crippen LogP contribution in [0.5, 0.6) is 6.01 Å². The summed E-state index contributed by atoms with van der Waals surface area (Å²) in [5.41, 5.74) is 0. The molecular formula is C13H25N5O. The Kier molecular flexibility index (Phi) is 6.32. The van der Waals surface area contributed by atoms with Crippen LogP contribution in [0.15, 0.2) is 0 Å². The standard InChI is InChI=1S/C13H25N5O/c1-6-7-8-9-18(5)12-15-11(14-4)16-13(17-12)19-10(2)3/h10H,6-9H2,1-5H3,(H,14,15,16,17). The highest BCUT2D eigenvalue weighted by atomic mass is 16.5. The second kappa shape index (κ2) is 7.76. The number of hydrogen-bond donors (Lipinski definition) is 1. The molecular weight excluding hydrogens is 242 g/mol. The Balaban J connectivity index is 2.80. The summed E-state index contributed by atoms with van der Waals surface area (Å²) in [7, 11) is 3.78. The maximum absolute atomic E-state index is 5.54. The summed E-state index contributed by atoms with van der Waals surface area (Å²) < 4.78 is 5.54. The van der Waals surface area contributed by atoms with Crippen molar-refractivity contribution in [3.05, 3.63) is 0 Å². The third kappa shape index (κ3) is 5.28. The van der Waals surface area contributed by atoms with Gasteiger partial charge >= 0.3 is 6.01 Å². The van der Waals surface area contributed by atoms with Crippen LogP contribution in [0.3, 0.4) is 0 Å². The van der Waals surface area contributed by atoms with Gasteiger partial charge in [-0.05, 0) is 20.3 Å². The molecule has 0 fully saturated rings. The number of rotatable bonds is 8. The summed E-state index contributed by atoms with van der Waals surface area (Å²) in [6, 6.07) is 0.367. The van der Waals surface area contributed by atoms with Crippen LogP contribution in [-0.2, 0) is 0 Å². The first-order valence-corrected chi connectivity index (χ1v) is 6.88. The molecule has 19 heavy (non-hydrogen) atoms. The van der Waals surface area contributed by atoms with Crippen molar-refractivity contribution >= 4 is 11.9 Å². The molecule has 0 amide bonds. The van der Waals surface area contributed by atoms with Gasteiger partial charge < -0.3 is 15.0 Å². The zero-order valence-electron chi connectivity index (χ0n) is 12.6. The van der Waals surface area contributed by atoms with E-state index in [9.17, 15) is 0 Å². The van der Waals surface area contributed by atoms with Gasteiger partial charge in [0, 0.05) is 20.6 Å². The number of nitrogens with zero attached hydrogens (tertiary/aromatic N) is 4. The minimum atomic E-state index is 0.0466. The monoisotopic (exact) mass is 267 g/mol. The predicted octanol–water partition coefficient (Wildman–Crippen LogP) is 2.33. The fourth-order valence-corrected chi connectivity index (χ4v) is 1.59. The third-order valence-corrected chi connectivity index (χ3v) is 2.61. The predicted molar refractivity (Wildman–Crippen MR) is 77.9 cm³/mol. The van der Waals surface area contributed by atoms with Gasteiger partial charge in [-0.1, -0.05) is 19.8 Å². The molecule has 0 unspecified atom stereocenters. The van der Waals surface area contributed by atoms with Crippen LogP contribution in [-0.4, -0.2) is 41.7 Å². The van der Waals surface area contributed by atoms with E-state index in [4.69, 9.17) is 4.74 Å². The summed E-state index contributed by atoms with van der Waals surface area (Å²) in [5, 5.41) is 2.93. The molecule has 6 nitrogen and oxygen atoms in total. The molecule has 0 bridgehead atoms. The fourth-order valence-electron chi connectivity index (χ4n) is 1.59. The molecule has 0 aliphatic rings. The van der Waals surface area contributed by atoms with Gasteiger partial charge in [-0.2, -0.15) is 15.0 Å². The van der Waals surface area contributed by atoms with E-state index >= 15 is 0 Å². The molecule has 0 spiro atoms. The summed E-state index contributed by atoms with van der Waals surface area (Å²) in [6.45, 7) is 7.03. The van der Waals surface area contributed by atoms with E-state index in [0.29, 0.717) is 17.9 Å². The van der Waals surface area contributed by atoms with Gasteiger partial charge in [0.1, 0.15) is 0 Å². The third-order valence-electron chi connectivity index (χ3n) is 2.61. The van der Waals surface area contributed by atoms with Crippen LogP contribution in [0, 0.1) is 0 Å². The lowest BCUT2D eigenvalue weighted by Crippen LogP contribution is -2.22. The zero-order chi connectivity index (χ0) is 14.3. The lowest BCUT2D eigenvalue weighted by molar-refractivity contribution is 0.222. The first-order chi connectivity index (χ1) is 9.06. The molecule has 0 saturated carbocycles. The molecule has 1 rings (SSSR count). The van der Waals surface area contributed by atoms with E-state index in [0.717, 1.165) is 13.0 Å². The maximum atomic E-state index is 5.54. The van der Waals surface area contributed by atoms with Crippen molar-refractivity contribution in [1.29, 1.82) is 0 Å². The highest BCUT2D eigenvalue weighted by molar-refractivity contribution is 5.37. The molecule has 108 valence electrons. The van der Waals surface area contributed by atoms with E-state index in [1.54, 1.807) is 7.05 Å². The van der Waals surface area contributed by atoms with Crippen LogP contribution in [0.4, 0.5) is 11.9 Å². The maximum Gasteiger partial charge on any atom is 0.323 e. The van der Waals surface area contributed by atoms with Crippen molar-refractivity contribution in [3.8, 4) is 6.01 Å². The average Bonchev–Trinajstić information content (AvgIpc) is 2.37. The van der Waals surface area contributed by atoms with Crippen molar-refractivity contribution in [2.24, 2.45) is 0 Å². The van der Waals surface area contributed by atoms with Gasteiger partial charge in [0.05, 0.1) is 6.10 Å². The summed E-state index contributed by atoms with van der Waals surface area (Å²) in [4.78, 5) is 14.9. The Morgan fingerprint density at radius 2 is 1.95 bits per heavy atom. The first-order valence-electron chi connectivity index (χ1n) is 6.88. The number of hydrogen-bond acceptors (Lipinski definition) is 6. The van der Waals surface area contributed by atoms with Crippen molar-refractivity contribution in [2.75, 3.05) is 30.9 Å². The lowest BCUT2D eigenvalue weighted by atomic mass is 10.2. The van der Waals surface area contributed by atoms with Crippen molar-refractivity contribution < 1.29 is 4.74 Å². The van der Waals surface area contributed by atoms with Gasteiger partial charge in [0.25, 0.3) is 0 Å². The lowest BCUT2D eigenvalue weighted by Gasteiger charge is -2.18. The number of ether oxygens (including phenoxy) is 1. The molecule has 0 saturated heterocycles. The highest BCUT2D eigenvalue weighted by Gasteiger charge is 2.11. The van der Waals surface area contributed by atoms with Crippen LogP contribution < -0.4 is 15.0 Å². The van der Waals surface area contributed by atoms with Gasteiger partial charge in [-0.3, -0.25) is 0 Å². The van der Waals surface area contributed by atoms with E-state index in [-0.39, 0.29) is 6.10 Å². The van der Waals surface area contributed by atoms with Gasteiger partial charge in [0.15, 0.2) is 0 Å². The van der Waals surface area contributed by atoms with Gasteiger partial charge in [-0.15, -0.1) is 0 Å². The van der Waals surface area contributed by atoms with Crippen molar-refractivity contribution in [2.45, 2.75) is 46.1 Å². The topological polar surface area (TPSA) is 63.2 Å². The SMILES string of the molecule is CCCCCN(C)c1nc(NC)nc(OC(C)C)n1. The molecule has 0 aromatic carbocycles. The average molecular weight is 267 g/mol. The fraction of sp³-hybridized carbons (Fsp3) is 0.769. The number of aromatic nitrogens is 3. The summed E-state index contributed by atoms with van der Waals surface area (Å²) >= 11 is 0. The second-order valence-corrected chi connectivity index (χ2v) is 4.79. The zero-order valence-corrected chi connectivity index (χ0v) is 12.6. The number of nitrogens with one attached hydrogen (secondary N) is 1. The van der Waals surface area contributed by atoms with E-state index in [1.165, 1.54) is 12.8 Å². The van der Waals surface area contributed by atoms with Gasteiger partial charge in [-0.25, -0.2) is 0 Å². The Morgan fingerprint density at radius 1 is 1.21 bits per heavy atom. The molecule has 0 aliphatic heterocycles. The molecule has 1 heterocycles. The number of anilines is 2. The van der Waals surface area contributed by atoms with Gasteiger partial charge in [0.2, 0.25) is 11.9 Å². The number of unbranched alkanes of at least 4 members (excludes halogenated alkanes) is 2. The summed E-state index contributed by atoms with van der Waals surface area (Å²) in [6.07, 6.45) is 3.59. The molecule has 0 radical (unpaired) electrons. The molecule has 0 aliphatic carbocycles. The summed E-state index contributed by atoms with van der Waals surface area (Å²) in [5.74, 6) is 1.18. The minimum absolute atomic E-state index is 0.0466. The van der Waals surface area contributed by atoms with Crippen LogP contribution >= 0.6 is 0 Å². The molecule has 0 atom stereocenters. The highest BCUT2D eigenvalue weighted by Crippen LogP contribution is 2.15. The Hall–Kier alpha value is -1.59. The minimum Gasteiger partial charge on any atom is -0.461 e. The molecule has 1 N–H and O–H groups in total. The molecule has 1 aromatic rings. The van der Waals surface area contributed by atoms with Crippen LogP contribution in [0.25, 0.3) is 0 Å². The first kappa shape index (κ1) is 15.5. The quantitative estimate of drug-likeness (QED) is 0.729. The smallest absolute Gasteiger partial charge is 0.323 e. The Labute approximate surface area is 115 Å². The molecule has 6 heteroatoms. The van der Waals surface area contributed by atoms with Crippen molar-refractivity contribution in [1.82, 2.24) is 15.0 Å². The van der Waals surface area contributed by atoms with Crippen molar-refractivity contribution in [3.63, 3.8) is 0 Å². The van der Waals surface area contributed by atoms with Crippen LogP contribution in [0.2, 0.25) is 0 Å². The largest absolute Gasteiger partial charge is 0.461 e. The van der Waals surface area contributed by atoms with Crippen LogP contribution in [0.1, 0.15) is 40.0 Å².